The van der Waals surface area contributed by atoms with Crippen LogP contribution in [0.4, 0.5) is 0 Å². The first-order chi connectivity index (χ1) is 9.80. The van der Waals surface area contributed by atoms with E-state index in [0.717, 1.165) is 0 Å². The summed E-state index contributed by atoms with van der Waals surface area (Å²) in [6.45, 7) is 6.67. The smallest absolute Gasteiger partial charge is 0.291 e. The summed E-state index contributed by atoms with van der Waals surface area (Å²) in [5.74, 6) is 0. The summed E-state index contributed by atoms with van der Waals surface area (Å²) in [4.78, 5) is 12.4. The molecule has 0 unspecified atom stereocenters. The minimum atomic E-state index is -1.50. The van der Waals surface area contributed by atoms with Gasteiger partial charge in [0, 0.05) is 18.6 Å². The average Bonchev–Trinajstić information content (AvgIpc) is 2.88. The molecule has 6 heteroatoms. The zero-order valence-electron chi connectivity index (χ0n) is 12.3. The molecule has 1 heterocycles. The summed E-state index contributed by atoms with van der Waals surface area (Å²) in [6.07, 6.45) is 7.70. The molecule has 0 atom stereocenters. The molecule has 2 aromatic rings. The highest BCUT2D eigenvalue weighted by Gasteiger charge is 2.18. The second-order valence-electron chi connectivity index (χ2n) is 5.41. The Morgan fingerprint density at radius 3 is 2.33 bits per heavy atom. The maximum absolute atomic E-state index is 8.36. The molecule has 1 N–H and O–H groups in total. The van der Waals surface area contributed by atoms with Gasteiger partial charge in [0.25, 0.3) is 5.09 Å². The van der Waals surface area contributed by atoms with Crippen LogP contribution in [0.2, 0.25) is 0 Å². The molecular weight excluding hydrogens is 270 g/mol. The molecule has 0 aliphatic heterocycles. The first kappa shape index (κ1) is 16.4. The van der Waals surface area contributed by atoms with Crippen molar-refractivity contribution in [1.82, 2.24) is 9.55 Å². The molecule has 0 fully saturated rings. The number of aromatic nitrogens is 2. The molecule has 112 valence electrons. The van der Waals surface area contributed by atoms with Crippen molar-refractivity contribution in [2.24, 2.45) is 5.41 Å². The molecule has 2 rings (SSSR count). The number of rotatable bonds is 2. The Morgan fingerprint density at radius 1 is 1.33 bits per heavy atom. The predicted molar refractivity (Wildman–Crippen MR) is 81.1 cm³/mol. The lowest BCUT2D eigenvalue weighted by molar-refractivity contribution is -0.742. The second kappa shape index (κ2) is 7.23. The van der Waals surface area contributed by atoms with Gasteiger partial charge in [0.1, 0.15) is 0 Å². The number of imidazole rings is 1. The van der Waals surface area contributed by atoms with E-state index >= 15 is 0 Å². The quantitative estimate of drug-likeness (QED) is 0.676. The first-order valence-corrected chi connectivity index (χ1v) is 6.39. The van der Waals surface area contributed by atoms with Gasteiger partial charge in [-0.05, 0) is 16.6 Å². The van der Waals surface area contributed by atoms with Crippen molar-refractivity contribution < 1.29 is 10.3 Å². The Morgan fingerprint density at radius 2 is 1.90 bits per heavy atom. The van der Waals surface area contributed by atoms with Crippen LogP contribution in [0.15, 0.2) is 49.1 Å². The van der Waals surface area contributed by atoms with E-state index in [1.807, 2.05) is 23.2 Å². The van der Waals surface area contributed by atoms with Gasteiger partial charge in [0.2, 0.25) is 0 Å². The minimum absolute atomic E-state index is 0.103. The van der Waals surface area contributed by atoms with Gasteiger partial charge in [0.05, 0.1) is 6.33 Å². The maximum Gasteiger partial charge on any atom is 0.291 e. The van der Waals surface area contributed by atoms with E-state index in [0.29, 0.717) is 0 Å². The number of benzene rings is 1. The molecule has 0 aliphatic carbocycles. The molecule has 0 radical (unpaired) electrons. The van der Waals surface area contributed by atoms with Crippen LogP contribution in [0.25, 0.3) is 11.8 Å². The lowest BCUT2D eigenvalue weighted by atomic mass is 9.83. The van der Waals surface area contributed by atoms with Gasteiger partial charge >= 0.3 is 0 Å². The average molecular weight is 289 g/mol. The summed E-state index contributed by atoms with van der Waals surface area (Å²) in [6, 6.07) is 10.5. The highest BCUT2D eigenvalue weighted by Crippen LogP contribution is 2.34. The molecule has 0 aliphatic rings. The maximum atomic E-state index is 8.36. The normalized spacial score (nSPS) is 11.5. The van der Waals surface area contributed by atoms with E-state index in [1.165, 1.54) is 11.1 Å². The number of hydrogen-bond acceptors (Lipinski definition) is 3. The van der Waals surface area contributed by atoms with Gasteiger partial charge in [-0.1, -0.05) is 51.1 Å². The molecule has 0 bridgehead atoms. The fraction of sp³-hybridized carbons (Fsp3) is 0.267. The summed E-state index contributed by atoms with van der Waals surface area (Å²) in [5.41, 5.74) is 2.66. The minimum Gasteiger partial charge on any atom is -0.328 e. The van der Waals surface area contributed by atoms with Crippen LogP contribution in [0.1, 0.15) is 26.3 Å². The Kier molecular flexibility index (Phi) is 5.66. The summed E-state index contributed by atoms with van der Waals surface area (Å²) in [5, 5.41) is 13.6. The van der Waals surface area contributed by atoms with Crippen molar-refractivity contribution in [3.8, 4) is 0 Å². The number of hydrogen-bond donors (Lipinski definition) is 1. The number of nitrogens with zero attached hydrogens (tertiary/aromatic N) is 3. The van der Waals surface area contributed by atoms with E-state index in [4.69, 9.17) is 15.3 Å². The van der Waals surface area contributed by atoms with Crippen molar-refractivity contribution in [1.29, 1.82) is 0 Å². The van der Waals surface area contributed by atoms with Crippen LogP contribution >= 0.6 is 0 Å². The Hall–Kier alpha value is -2.63. The molecule has 1 aromatic carbocycles. The van der Waals surface area contributed by atoms with Gasteiger partial charge in [-0.3, -0.25) is 0 Å². The molecule has 0 saturated carbocycles. The van der Waals surface area contributed by atoms with Gasteiger partial charge in [0.15, 0.2) is 0 Å². The monoisotopic (exact) mass is 289 g/mol. The van der Waals surface area contributed by atoms with E-state index < -0.39 is 5.09 Å². The Bertz CT molecular complexity index is 580. The first-order valence-electron chi connectivity index (χ1n) is 6.39. The van der Waals surface area contributed by atoms with Crippen LogP contribution in [0.5, 0.6) is 0 Å². The highest BCUT2D eigenvalue weighted by atomic mass is 16.9. The molecular formula is C15H19N3O3. The van der Waals surface area contributed by atoms with Crippen LogP contribution in [0, 0.1) is 15.5 Å². The van der Waals surface area contributed by atoms with E-state index in [9.17, 15) is 0 Å². The van der Waals surface area contributed by atoms with Crippen molar-refractivity contribution in [3.63, 3.8) is 0 Å². The lowest BCUT2D eigenvalue weighted by Gasteiger charge is -2.23. The summed E-state index contributed by atoms with van der Waals surface area (Å²) in [7, 11) is 0. The molecule has 0 saturated heterocycles. The molecule has 1 aromatic heterocycles. The fourth-order valence-electron chi connectivity index (χ4n) is 1.81. The zero-order chi connectivity index (χ0) is 15.9. The van der Waals surface area contributed by atoms with Crippen LogP contribution in [-0.2, 0) is 0 Å². The largest absolute Gasteiger partial charge is 0.328 e. The van der Waals surface area contributed by atoms with Gasteiger partial charge < -0.3 is 9.77 Å². The van der Waals surface area contributed by atoms with Gasteiger partial charge in [-0.15, -0.1) is 10.1 Å². The van der Waals surface area contributed by atoms with Crippen molar-refractivity contribution >= 4 is 11.8 Å². The van der Waals surface area contributed by atoms with Crippen molar-refractivity contribution in [3.05, 3.63) is 64.7 Å². The van der Waals surface area contributed by atoms with Crippen molar-refractivity contribution in [2.75, 3.05) is 0 Å². The molecule has 6 nitrogen and oxygen atoms in total. The van der Waals surface area contributed by atoms with E-state index in [-0.39, 0.29) is 5.41 Å². The van der Waals surface area contributed by atoms with Gasteiger partial charge in [-0.25, -0.2) is 4.98 Å². The predicted octanol–water partition coefficient (Wildman–Crippen LogP) is 3.58. The van der Waals surface area contributed by atoms with Crippen LogP contribution in [-0.4, -0.2) is 19.8 Å². The third-order valence-electron chi connectivity index (χ3n) is 2.70. The standard InChI is InChI=1S/C15H18N2.HNO3/c1-15(2,3)14(11-17-10-9-16-12-17)13-7-5-4-6-8-13;2-1(3)4/h4-12H,1-3H3;(H,2,3,4). The Balaban J connectivity index is 0.000000491. The van der Waals surface area contributed by atoms with Gasteiger partial charge in [-0.2, -0.15) is 0 Å². The summed E-state index contributed by atoms with van der Waals surface area (Å²) < 4.78 is 1.99. The fourth-order valence-corrected chi connectivity index (χ4v) is 1.81. The lowest BCUT2D eigenvalue weighted by Crippen LogP contribution is -2.09. The van der Waals surface area contributed by atoms with E-state index in [1.54, 1.807) is 6.20 Å². The van der Waals surface area contributed by atoms with Crippen molar-refractivity contribution in [2.45, 2.75) is 20.8 Å². The third-order valence-corrected chi connectivity index (χ3v) is 2.70. The van der Waals surface area contributed by atoms with Crippen LogP contribution < -0.4 is 0 Å². The number of allylic oxidation sites excluding steroid dienone is 1. The topological polar surface area (TPSA) is 81.2 Å². The molecule has 0 spiro atoms. The molecule has 21 heavy (non-hydrogen) atoms. The Labute approximate surface area is 123 Å². The van der Waals surface area contributed by atoms with E-state index in [2.05, 4.69) is 56.2 Å². The zero-order valence-corrected chi connectivity index (χ0v) is 12.3. The summed E-state index contributed by atoms with van der Waals surface area (Å²) >= 11 is 0. The highest BCUT2D eigenvalue weighted by molar-refractivity contribution is 5.78. The third kappa shape index (κ3) is 5.90. The second-order valence-corrected chi connectivity index (χ2v) is 5.41. The van der Waals surface area contributed by atoms with Crippen LogP contribution in [0.3, 0.4) is 0 Å². The SMILES string of the molecule is CC(C)(C)C(=Cn1ccnc1)c1ccccc1.O=[N+]([O-])O. The molecule has 0 amide bonds.